The fourth-order valence-electron chi connectivity index (χ4n) is 4.42. The van der Waals surface area contributed by atoms with E-state index in [1.54, 1.807) is 34.6 Å². The van der Waals surface area contributed by atoms with E-state index in [2.05, 4.69) is 21.9 Å². The third-order valence-electron chi connectivity index (χ3n) is 6.91. The van der Waals surface area contributed by atoms with Crippen molar-refractivity contribution >= 4 is 35.3 Å². The second-order valence-electron chi connectivity index (χ2n) is 12.4. The van der Waals surface area contributed by atoms with Crippen molar-refractivity contribution in [3.05, 3.63) is 52.1 Å². The number of alkyl halides is 3. The predicted octanol–water partition coefficient (Wildman–Crippen LogP) is 4.84. The van der Waals surface area contributed by atoms with Crippen LogP contribution >= 0.6 is 0 Å². The Kier molecular flexibility index (Phi) is 11.6. The summed E-state index contributed by atoms with van der Waals surface area (Å²) in [5, 5.41) is 7.04. The lowest BCUT2D eigenvalue weighted by Gasteiger charge is -2.27. The molecule has 11 nitrogen and oxygen atoms in total. The summed E-state index contributed by atoms with van der Waals surface area (Å²) in [6.07, 6.45) is -0.250. The number of anilines is 1. The Hall–Kier alpha value is -4.87. The first-order valence-electron chi connectivity index (χ1n) is 14.3. The first-order valence-corrected chi connectivity index (χ1v) is 14.3. The SMILES string of the molecule is C#C[C@@](C)(COC(=O)[C@@H](NC(=O)OC(C)(C)C)C(C)C)NC(=O)C(=O)c1c(C)c(C(=O)Nc2ccc(F)c(C(F)(F)F)c2)n(C)c1C. The number of nitrogens with one attached hydrogen (secondary N) is 3. The molecule has 0 aliphatic rings. The summed E-state index contributed by atoms with van der Waals surface area (Å²) in [6, 6.07) is 0.805. The van der Waals surface area contributed by atoms with Crippen LogP contribution in [0.4, 0.5) is 28.0 Å². The zero-order chi connectivity index (χ0) is 36.2. The number of alkyl carbamates (subject to hydrolysis) is 1. The van der Waals surface area contributed by atoms with Gasteiger partial charge in [0.25, 0.3) is 17.6 Å². The van der Waals surface area contributed by atoms with Crippen molar-refractivity contribution in [2.45, 2.75) is 78.7 Å². The van der Waals surface area contributed by atoms with Crippen LogP contribution in [-0.2, 0) is 32.3 Å². The number of hydrogen-bond acceptors (Lipinski definition) is 7. The van der Waals surface area contributed by atoms with Crippen molar-refractivity contribution in [1.82, 2.24) is 15.2 Å². The number of amides is 3. The van der Waals surface area contributed by atoms with Gasteiger partial charge in [-0.2, -0.15) is 13.2 Å². The van der Waals surface area contributed by atoms with E-state index in [4.69, 9.17) is 15.9 Å². The Morgan fingerprint density at radius 2 is 1.64 bits per heavy atom. The first kappa shape index (κ1) is 38.3. The highest BCUT2D eigenvalue weighted by Crippen LogP contribution is 2.33. The maximum absolute atomic E-state index is 13.7. The lowest BCUT2D eigenvalue weighted by molar-refractivity contribution is -0.149. The molecule has 1 aromatic heterocycles. The monoisotopic (exact) mass is 666 g/mol. The second-order valence-corrected chi connectivity index (χ2v) is 12.4. The quantitative estimate of drug-likeness (QED) is 0.108. The Morgan fingerprint density at radius 3 is 2.15 bits per heavy atom. The van der Waals surface area contributed by atoms with E-state index in [-0.39, 0.29) is 28.2 Å². The minimum absolute atomic E-state index is 0.0302. The number of carbonyl (C=O) groups excluding carboxylic acids is 5. The molecule has 3 N–H and O–H groups in total. The number of benzene rings is 1. The molecule has 0 saturated heterocycles. The molecule has 256 valence electrons. The van der Waals surface area contributed by atoms with Gasteiger partial charge in [-0.25, -0.2) is 14.0 Å². The van der Waals surface area contributed by atoms with Gasteiger partial charge >= 0.3 is 18.2 Å². The van der Waals surface area contributed by atoms with Gasteiger partial charge in [-0.3, -0.25) is 14.4 Å². The predicted molar refractivity (Wildman–Crippen MR) is 163 cm³/mol. The average molecular weight is 667 g/mol. The average Bonchev–Trinajstić information content (AvgIpc) is 3.16. The summed E-state index contributed by atoms with van der Waals surface area (Å²) in [5.74, 6) is -3.77. The maximum atomic E-state index is 13.7. The maximum Gasteiger partial charge on any atom is 0.419 e. The van der Waals surface area contributed by atoms with E-state index in [1.165, 1.54) is 32.4 Å². The second kappa shape index (κ2) is 14.3. The summed E-state index contributed by atoms with van der Waals surface area (Å²) in [4.78, 5) is 64.6. The number of carbonyl (C=O) groups is 5. The van der Waals surface area contributed by atoms with Gasteiger partial charge in [-0.15, -0.1) is 6.42 Å². The van der Waals surface area contributed by atoms with Crippen molar-refractivity contribution in [3.8, 4) is 12.3 Å². The van der Waals surface area contributed by atoms with Gasteiger partial charge < -0.3 is 30.0 Å². The van der Waals surface area contributed by atoms with Crippen LogP contribution in [0.3, 0.4) is 0 Å². The van der Waals surface area contributed by atoms with Crippen molar-refractivity contribution < 1.29 is 51.0 Å². The highest BCUT2D eigenvalue weighted by atomic mass is 19.4. The van der Waals surface area contributed by atoms with Crippen molar-refractivity contribution in [2.24, 2.45) is 13.0 Å². The van der Waals surface area contributed by atoms with Gasteiger partial charge in [-0.05, 0) is 71.2 Å². The van der Waals surface area contributed by atoms with Crippen LogP contribution in [0.2, 0.25) is 0 Å². The molecule has 47 heavy (non-hydrogen) atoms. The molecule has 2 aromatic rings. The smallest absolute Gasteiger partial charge is 0.419 e. The van der Waals surface area contributed by atoms with Crippen LogP contribution < -0.4 is 16.0 Å². The lowest BCUT2D eigenvalue weighted by atomic mass is 10.0. The molecule has 0 aliphatic heterocycles. The minimum Gasteiger partial charge on any atom is -0.461 e. The normalized spacial score (nSPS) is 13.6. The Morgan fingerprint density at radius 1 is 1.04 bits per heavy atom. The van der Waals surface area contributed by atoms with Crippen LogP contribution in [0.5, 0.6) is 0 Å². The van der Waals surface area contributed by atoms with Gasteiger partial charge in [0.1, 0.15) is 35.3 Å². The standard InChI is InChI=1S/C32H38F4N4O7/c1-11-31(9,15-46-28(44)23(16(2)3)38-29(45)47-30(6,7)8)39-27(43)25(41)22-17(4)24(40(10)18(22)5)26(42)37-19-12-13-21(33)20(14-19)32(34,35)36/h1,12-14,16,23H,15H2,2-10H3,(H,37,42)(H,38,45)(H,39,43)/t23-,31-/m0/s1. The first-order chi connectivity index (χ1) is 21.4. The Balaban J connectivity index is 2.23. The zero-order valence-corrected chi connectivity index (χ0v) is 27.5. The van der Waals surface area contributed by atoms with E-state index in [0.29, 0.717) is 12.1 Å². The van der Waals surface area contributed by atoms with Crippen LogP contribution in [0.15, 0.2) is 18.2 Å². The van der Waals surface area contributed by atoms with Crippen LogP contribution in [0.1, 0.15) is 79.2 Å². The molecule has 2 atom stereocenters. The van der Waals surface area contributed by atoms with E-state index in [0.717, 1.165) is 6.07 Å². The fourth-order valence-corrected chi connectivity index (χ4v) is 4.42. The highest BCUT2D eigenvalue weighted by molar-refractivity contribution is 6.44. The topological polar surface area (TPSA) is 145 Å². The van der Waals surface area contributed by atoms with Crippen LogP contribution in [0, 0.1) is 37.9 Å². The van der Waals surface area contributed by atoms with E-state index >= 15 is 0 Å². The molecule has 15 heteroatoms. The minimum atomic E-state index is -5.01. The van der Waals surface area contributed by atoms with Gasteiger partial charge in [0.05, 0.1) is 11.1 Å². The zero-order valence-electron chi connectivity index (χ0n) is 27.5. The van der Waals surface area contributed by atoms with Gasteiger partial charge in [0, 0.05) is 18.4 Å². The molecule has 0 aliphatic carbocycles. The summed E-state index contributed by atoms with van der Waals surface area (Å²) in [7, 11) is 1.40. The largest absolute Gasteiger partial charge is 0.461 e. The highest BCUT2D eigenvalue weighted by Gasteiger charge is 2.36. The van der Waals surface area contributed by atoms with Crippen molar-refractivity contribution in [2.75, 3.05) is 11.9 Å². The summed E-state index contributed by atoms with van der Waals surface area (Å²) in [5.41, 5.74) is -4.57. The van der Waals surface area contributed by atoms with Gasteiger partial charge in [-0.1, -0.05) is 19.8 Å². The molecule has 0 unspecified atom stereocenters. The van der Waals surface area contributed by atoms with Crippen molar-refractivity contribution in [3.63, 3.8) is 0 Å². The number of hydrogen-bond donors (Lipinski definition) is 3. The number of terminal acetylenes is 1. The molecule has 0 bridgehead atoms. The number of nitrogens with zero attached hydrogens (tertiary/aromatic N) is 1. The number of rotatable bonds is 10. The van der Waals surface area contributed by atoms with E-state index in [9.17, 15) is 41.5 Å². The van der Waals surface area contributed by atoms with E-state index in [1.807, 2.05) is 0 Å². The Labute approximate surface area is 269 Å². The molecular weight excluding hydrogens is 628 g/mol. The van der Waals surface area contributed by atoms with Crippen LogP contribution in [0.25, 0.3) is 0 Å². The summed E-state index contributed by atoms with van der Waals surface area (Å²) in [6.45, 7) is 11.8. The number of Topliss-reactive ketones (excluding diaryl/α,β-unsaturated/α-hetero) is 1. The van der Waals surface area contributed by atoms with Crippen molar-refractivity contribution in [1.29, 1.82) is 0 Å². The lowest BCUT2D eigenvalue weighted by Crippen LogP contribution is -2.53. The molecule has 0 saturated carbocycles. The molecule has 0 spiro atoms. The number of halogens is 4. The molecule has 1 heterocycles. The molecule has 1 aromatic carbocycles. The van der Waals surface area contributed by atoms with Gasteiger partial charge in [0.2, 0.25) is 0 Å². The number of esters is 1. The number of ether oxygens (including phenoxy) is 2. The molecule has 2 rings (SSSR count). The Bertz CT molecular complexity index is 1620. The fraction of sp³-hybridized carbons (Fsp3) is 0.469. The number of ketones is 1. The van der Waals surface area contributed by atoms with Gasteiger partial charge in [0.15, 0.2) is 0 Å². The summed E-state index contributed by atoms with van der Waals surface area (Å²) < 4.78 is 64.9. The third kappa shape index (κ3) is 9.57. The number of aromatic nitrogens is 1. The van der Waals surface area contributed by atoms with Crippen LogP contribution in [-0.4, -0.2) is 58.0 Å². The molecule has 0 fully saturated rings. The van der Waals surface area contributed by atoms with E-state index < -0.39 is 76.9 Å². The molecule has 3 amide bonds. The summed E-state index contributed by atoms with van der Waals surface area (Å²) >= 11 is 0. The third-order valence-corrected chi connectivity index (χ3v) is 6.91. The molecule has 0 radical (unpaired) electrons. The molecular formula is C32H38F4N4O7.